The second-order valence-electron chi connectivity index (χ2n) is 7.72. The largest absolute Gasteiger partial charge is 0.465 e. The fraction of sp³-hybridized carbons (Fsp3) is 0.261. The molecule has 30 heavy (non-hydrogen) atoms. The number of carbonyl (C=O) groups excluding carboxylic acids is 2. The van der Waals surface area contributed by atoms with Gasteiger partial charge < -0.3 is 4.74 Å². The predicted octanol–water partition coefficient (Wildman–Crippen LogP) is 4.28. The van der Waals surface area contributed by atoms with Crippen LogP contribution in [0, 0.1) is 11.7 Å². The maximum absolute atomic E-state index is 13.6. The highest BCUT2D eigenvalue weighted by Gasteiger charge is 2.42. The third-order valence-corrected chi connectivity index (χ3v) is 5.20. The number of fused-ring (bicyclic) bond motifs is 1. The number of esters is 1. The number of anilines is 1. The van der Waals surface area contributed by atoms with Crippen LogP contribution in [0.5, 0.6) is 0 Å². The van der Waals surface area contributed by atoms with E-state index in [4.69, 9.17) is 4.74 Å². The van der Waals surface area contributed by atoms with Crippen LogP contribution in [0.25, 0.3) is 0 Å². The topological polar surface area (TPSA) is 75.3 Å². The van der Waals surface area contributed by atoms with Gasteiger partial charge in [-0.1, -0.05) is 26.0 Å². The smallest absolute Gasteiger partial charge is 0.337 e. The van der Waals surface area contributed by atoms with E-state index in [-0.39, 0.29) is 11.7 Å². The van der Waals surface area contributed by atoms with Crippen molar-refractivity contribution in [2.24, 2.45) is 5.92 Å². The van der Waals surface area contributed by atoms with Crippen LogP contribution in [0.4, 0.5) is 10.1 Å². The Kier molecular flexibility index (Phi) is 5.11. The lowest BCUT2D eigenvalue weighted by Gasteiger charge is -2.26. The summed E-state index contributed by atoms with van der Waals surface area (Å²) in [6.45, 7) is 4.18. The summed E-state index contributed by atoms with van der Waals surface area (Å²) >= 11 is 0. The first-order chi connectivity index (χ1) is 14.4. The number of hydrogen-bond donors (Lipinski definition) is 1. The van der Waals surface area contributed by atoms with Crippen molar-refractivity contribution in [1.82, 2.24) is 10.2 Å². The molecule has 1 aliphatic heterocycles. The number of hydrogen-bond acceptors (Lipinski definition) is 4. The lowest BCUT2D eigenvalue weighted by atomic mass is 9.95. The van der Waals surface area contributed by atoms with Gasteiger partial charge in [-0.3, -0.25) is 14.8 Å². The van der Waals surface area contributed by atoms with Crippen LogP contribution in [0.3, 0.4) is 0 Å². The lowest BCUT2D eigenvalue weighted by molar-refractivity contribution is 0.0600. The molecule has 0 saturated carbocycles. The van der Waals surface area contributed by atoms with E-state index in [9.17, 15) is 14.0 Å². The Balaban J connectivity index is 1.82. The van der Waals surface area contributed by atoms with Crippen LogP contribution in [-0.4, -0.2) is 29.2 Å². The van der Waals surface area contributed by atoms with Gasteiger partial charge >= 0.3 is 5.97 Å². The van der Waals surface area contributed by atoms with Gasteiger partial charge in [0.25, 0.3) is 5.91 Å². The number of H-pyrrole nitrogens is 1. The highest BCUT2D eigenvalue weighted by Crippen LogP contribution is 2.43. The van der Waals surface area contributed by atoms with E-state index in [0.29, 0.717) is 29.3 Å². The van der Waals surface area contributed by atoms with Crippen LogP contribution < -0.4 is 4.90 Å². The van der Waals surface area contributed by atoms with Crippen LogP contribution >= 0.6 is 0 Å². The zero-order valence-corrected chi connectivity index (χ0v) is 17.0. The Hall–Kier alpha value is -3.48. The minimum Gasteiger partial charge on any atom is -0.465 e. The number of rotatable bonds is 5. The summed E-state index contributed by atoms with van der Waals surface area (Å²) in [5.74, 6) is -0.646. The molecule has 154 valence electrons. The van der Waals surface area contributed by atoms with Gasteiger partial charge in [0.05, 0.1) is 24.4 Å². The first-order valence-electron chi connectivity index (χ1n) is 9.75. The zero-order chi connectivity index (χ0) is 21.4. The lowest BCUT2D eigenvalue weighted by Crippen LogP contribution is -2.29. The summed E-state index contributed by atoms with van der Waals surface area (Å²) in [7, 11) is 1.32. The summed E-state index contributed by atoms with van der Waals surface area (Å²) in [5.41, 5.74) is 3.90. The molecule has 6 nitrogen and oxygen atoms in total. The average molecular weight is 407 g/mol. The molecule has 0 aliphatic carbocycles. The molecule has 1 atom stereocenters. The first kappa shape index (κ1) is 19.8. The molecule has 2 aromatic carbocycles. The highest BCUT2D eigenvalue weighted by atomic mass is 19.1. The standard InChI is InChI=1S/C23H22FN3O3/c1-13(2)12-18-19-20(26-25-18)22(28)27(21(19)14-4-8-16(24)9-5-14)17-10-6-15(7-11-17)23(29)30-3/h4-11,13,21H,12H2,1-3H3,(H,25,26). The molecule has 0 bridgehead atoms. The SMILES string of the molecule is COC(=O)c1ccc(N2C(=O)c3[nH]nc(CC(C)C)c3C2c2ccc(F)cc2)cc1. The summed E-state index contributed by atoms with van der Waals surface area (Å²) in [6, 6.07) is 12.4. The summed E-state index contributed by atoms with van der Waals surface area (Å²) < 4.78 is 18.3. The van der Waals surface area contributed by atoms with E-state index in [1.165, 1.54) is 19.2 Å². The molecule has 1 N–H and O–H groups in total. The van der Waals surface area contributed by atoms with Gasteiger partial charge in [-0.15, -0.1) is 0 Å². The molecule has 7 heteroatoms. The molecule has 1 unspecified atom stereocenters. The summed E-state index contributed by atoms with van der Waals surface area (Å²) in [6.07, 6.45) is 0.714. The zero-order valence-electron chi connectivity index (χ0n) is 17.0. The molecular weight excluding hydrogens is 385 g/mol. The molecule has 0 radical (unpaired) electrons. The Morgan fingerprint density at radius 3 is 2.43 bits per heavy atom. The number of nitrogens with one attached hydrogen (secondary N) is 1. The Labute approximate surface area is 173 Å². The second-order valence-corrected chi connectivity index (χ2v) is 7.72. The number of methoxy groups -OCH3 is 1. The maximum Gasteiger partial charge on any atom is 0.337 e. The van der Waals surface area contributed by atoms with Crippen LogP contribution in [0.15, 0.2) is 48.5 Å². The van der Waals surface area contributed by atoms with E-state index < -0.39 is 12.0 Å². The van der Waals surface area contributed by atoms with Gasteiger partial charge in [-0.2, -0.15) is 5.10 Å². The van der Waals surface area contributed by atoms with Crippen molar-refractivity contribution >= 4 is 17.6 Å². The molecule has 1 amide bonds. The van der Waals surface area contributed by atoms with Gasteiger partial charge in [-0.25, -0.2) is 9.18 Å². The number of halogens is 1. The number of aromatic nitrogens is 2. The van der Waals surface area contributed by atoms with E-state index in [2.05, 4.69) is 24.0 Å². The molecule has 1 aromatic heterocycles. The molecule has 0 saturated heterocycles. The fourth-order valence-electron chi connectivity index (χ4n) is 3.86. The number of carbonyl (C=O) groups is 2. The third kappa shape index (κ3) is 3.36. The maximum atomic E-state index is 13.6. The average Bonchev–Trinajstić information content (AvgIpc) is 3.27. The fourth-order valence-corrected chi connectivity index (χ4v) is 3.86. The number of ether oxygens (including phenoxy) is 1. The van der Waals surface area contributed by atoms with E-state index >= 15 is 0 Å². The first-order valence-corrected chi connectivity index (χ1v) is 9.75. The number of nitrogens with zero attached hydrogens (tertiary/aromatic N) is 2. The van der Waals surface area contributed by atoms with Gasteiger partial charge in [0, 0.05) is 11.3 Å². The summed E-state index contributed by atoms with van der Waals surface area (Å²) in [4.78, 5) is 26.7. The summed E-state index contributed by atoms with van der Waals surface area (Å²) in [5, 5.41) is 7.29. The van der Waals surface area contributed by atoms with Crippen LogP contribution in [0.2, 0.25) is 0 Å². The molecule has 3 aromatic rings. The quantitative estimate of drug-likeness (QED) is 0.641. The molecule has 4 rings (SSSR count). The van der Waals surface area contributed by atoms with E-state index in [1.807, 2.05) is 0 Å². The van der Waals surface area contributed by atoms with Crippen molar-refractivity contribution in [1.29, 1.82) is 0 Å². The van der Waals surface area contributed by atoms with E-state index in [1.54, 1.807) is 41.3 Å². The van der Waals surface area contributed by atoms with Crippen LogP contribution in [-0.2, 0) is 11.2 Å². The molecule has 1 aliphatic rings. The minimum atomic E-state index is -0.446. The van der Waals surface area contributed by atoms with Crippen molar-refractivity contribution in [2.45, 2.75) is 26.3 Å². The normalized spacial score (nSPS) is 15.6. The molecule has 0 fully saturated rings. The Morgan fingerprint density at radius 2 is 1.83 bits per heavy atom. The molecule has 0 spiro atoms. The van der Waals surface area contributed by atoms with E-state index in [0.717, 1.165) is 16.8 Å². The minimum absolute atomic E-state index is 0.215. The van der Waals surface area contributed by atoms with Crippen molar-refractivity contribution in [3.05, 3.63) is 82.4 Å². The van der Waals surface area contributed by atoms with Gasteiger partial charge in [0.2, 0.25) is 0 Å². The molecular formula is C23H22FN3O3. The second kappa shape index (κ2) is 7.74. The van der Waals surface area contributed by atoms with Gasteiger partial charge in [-0.05, 0) is 54.3 Å². The van der Waals surface area contributed by atoms with Crippen molar-refractivity contribution in [3.8, 4) is 0 Å². The Morgan fingerprint density at radius 1 is 1.17 bits per heavy atom. The van der Waals surface area contributed by atoms with Crippen LogP contribution in [0.1, 0.15) is 57.6 Å². The number of benzene rings is 2. The molecule has 2 heterocycles. The van der Waals surface area contributed by atoms with Gasteiger partial charge in [0.1, 0.15) is 11.5 Å². The Bertz CT molecular complexity index is 1090. The van der Waals surface area contributed by atoms with Crippen molar-refractivity contribution in [2.75, 3.05) is 12.0 Å². The number of amides is 1. The van der Waals surface area contributed by atoms with Crippen molar-refractivity contribution in [3.63, 3.8) is 0 Å². The monoisotopic (exact) mass is 407 g/mol. The predicted molar refractivity (Wildman–Crippen MR) is 110 cm³/mol. The highest BCUT2D eigenvalue weighted by molar-refractivity contribution is 6.10. The third-order valence-electron chi connectivity index (χ3n) is 5.20. The van der Waals surface area contributed by atoms with Crippen molar-refractivity contribution < 1.29 is 18.7 Å². The van der Waals surface area contributed by atoms with Gasteiger partial charge in [0.15, 0.2) is 0 Å². The number of aromatic amines is 1.